The van der Waals surface area contributed by atoms with Gasteiger partial charge in [-0.05, 0) is 32.6 Å². The number of nitrogens with two attached hydrogens (primary N) is 1. The monoisotopic (exact) mass is 180 g/mol. The van der Waals surface area contributed by atoms with Crippen molar-refractivity contribution in [2.75, 3.05) is 19.6 Å². The van der Waals surface area contributed by atoms with Crippen molar-refractivity contribution in [2.45, 2.75) is 38.1 Å². The van der Waals surface area contributed by atoms with Crippen molar-refractivity contribution in [3.63, 3.8) is 0 Å². The Hall–Kier alpha value is -0.340. The number of hydrogen-bond acceptors (Lipinski definition) is 2. The average molecular weight is 180 g/mol. The van der Waals surface area contributed by atoms with E-state index in [1.807, 2.05) is 0 Å². The van der Waals surface area contributed by atoms with Gasteiger partial charge in [-0.3, -0.25) is 4.90 Å². The zero-order chi connectivity index (χ0) is 9.31. The van der Waals surface area contributed by atoms with Crippen LogP contribution in [0.25, 0.3) is 0 Å². The third-order valence-corrected chi connectivity index (χ3v) is 3.23. The van der Waals surface area contributed by atoms with Gasteiger partial charge in [0.1, 0.15) is 0 Å². The Morgan fingerprint density at radius 2 is 2.31 bits per heavy atom. The van der Waals surface area contributed by atoms with Gasteiger partial charge in [-0.15, -0.1) is 0 Å². The molecule has 0 radical (unpaired) electrons. The van der Waals surface area contributed by atoms with Crippen LogP contribution in [0.4, 0.5) is 0 Å². The van der Waals surface area contributed by atoms with Gasteiger partial charge in [-0.25, -0.2) is 0 Å². The van der Waals surface area contributed by atoms with E-state index in [4.69, 9.17) is 5.73 Å². The highest BCUT2D eigenvalue weighted by atomic mass is 15.1. The van der Waals surface area contributed by atoms with E-state index in [0.717, 1.165) is 6.54 Å². The van der Waals surface area contributed by atoms with Gasteiger partial charge in [0, 0.05) is 25.2 Å². The fourth-order valence-corrected chi connectivity index (χ4v) is 1.97. The summed E-state index contributed by atoms with van der Waals surface area (Å²) in [5.74, 6) is 0. The van der Waals surface area contributed by atoms with E-state index in [2.05, 4.69) is 17.9 Å². The summed E-state index contributed by atoms with van der Waals surface area (Å²) in [5, 5.41) is 0. The van der Waals surface area contributed by atoms with Crippen LogP contribution in [0, 0.1) is 0 Å². The first-order valence-electron chi connectivity index (χ1n) is 5.35. The molecule has 1 saturated carbocycles. The predicted molar refractivity (Wildman–Crippen MR) is 55.6 cm³/mol. The van der Waals surface area contributed by atoms with E-state index >= 15 is 0 Å². The van der Waals surface area contributed by atoms with Gasteiger partial charge < -0.3 is 5.73 Å². The normalized spacial score (nSPS) is 27.1. The Kier molecular flexibility index (Phi) is 2.43. The van der Waals surface area contributed by atoms with Crippen molar-refractivity contribution < 1.29 is 0 Å². The van der Waals surface area contributed by atoms with Crippen molar-refractivity contribution in [3.8, 4) is 0 Å². The SMILES string of the molecule is CC1=CCCN(CCC2(N)CC2)C1. The second kappa shape index (κ2) is 3.43. The van der Waals surface area contributed by atoms with Crippen LogP contribution in [-0.2, 0) is 0 Å². The molecule has 1 heterocycles. The van der Waals surface area contributed by atoms with Crippen LogP contribution in [-0.4, -0.2) is 30.1 Å². The molecule has 2 heteroatoms. The zero-order valence-corrected chi connectivity index (χ0v) is 8.55. The Balaban J connectivity index is 1.73. The molecule has 0 spiro atoms. The Labute approximate surface area is 80.8 Å². The van der Waals surface area contributed by atoms with Crippen molar-refractivity contribution in [1.29, 1.82) is 0 Å². The minimum Gasteiger partial charge on any atom is -0.325 e. The van der Waals surface area contributed by atoms with Crippen LogP contribution in [0.5, 0.6) is 0 Å². The molecule has 0 amide bonds. The summed E-state index contributed by atoms with van der Waals surface area (Å²) in [4.78, 5) is 2.53. The third-order valence-electron chi connectivity index (χ3n) is 3.23. The molecule has 0 saturated heterocycles. The molecule has 0 atom stereocenters. The lowest BCUT2D eigenvalue weighted by Crippen LogP contribution is -2.34. The molecule has 13 heavy (non-hydrogen) atoms. The van der Waals surface area contributed by atoms with E-state index in [0.29, 0.717) is 0 Å². The maximum Gasteiger partial charge on any atom is 0.0190 e. The molecule has 1 aliphatic heterocycles. The van der Waals surface area contributed by atoms with Crippen LogP contribution in [0.3, 0.4) is 0 Å². The van der Waals surface area contributed by atoms with Crippen LogP contribution in [0.2, 0.25) is 0 Å². The lowest BCUT2D eigenvalue weighted by Gasteiger charge is -2.26. The third kappa shape index (κ3) is 2.55. The zero-order valence-electron chi connectivity index (χ0n) is 8.55. The standard InChI is InChI=1S/C11H20N2/c1-10-3-2-7-13(9-10)8-6-11(12)4-5-11/h3H,2,4-9,12H2,1H3. The molecule has 2 rings (SSSR count). The quantitative estimate of drug-likeness (QED) is 0.667. The molecule has 0 bridgehead atoms. The fourth-order valence-electron chi connectivity index (χ4n) is 1.97. The van der Waals surface area contributed by atoms with Crippen LogP contribution in [0.1, 0.15) is 32.6 Å². The summed E-state index contributed by atoms with van der Waals surface area (Å²) in [6.07, 6.45) is 7.26. The summed E-state index contributed by atoms with van der Waals surface area (Å²) in [6, 6.07) is 0. The summed E-state index contributed by atoms with van der Waals surface area (Å²) in [6.45, 7) is 5.81. The van der Waals surface area contributed by atoms with Gasteiger partial charge >= 0.3 is 0 Å². The topological polar surface area (TPSA) is 29.3 Å². The van der Waals surface area contributed by atoms with Gasteiger partial charge in [-0.2, -0.15) is 0 Å². The average Bonchev–Trinajstić information content (AvgIpc) is 2.82. The lowest BCUT2D eigenvalue weighted by atomic mass is 10.1. The van der Waals surface area contributed by atoms with Gasteiger partial charge in [-0.1, -0.05) is 11.6 Å². The largest absolute Gasteiger partial charge is 0.325 e. The predicted octanol–water partition coefficient (Wildman–Crippen LogP) is 1.52. The molecule has 1 fully saturated rings. The minimum atomic E-state index is 0.231. The maximum atomic E-state index is 6.06. The molecule has 2 N–H and O–H groups in total. The molecule has 74 valence electrons. The van der Waals surface area contributed by atoms with Gasteiger partial charge in [0.2, 0.25) is 0 Å². The smallest absolute Gasteiger partial charge is 0.0190 e. The number of rotatable bonds is 3. The first kappa shape index (κ1) is 9.22. The number of nitrogens with zero attached hydrogens (tertiary/aromatic N) is 1. The van der Waals surface area contributed by atoms with Crippen LogP contribution >= 0.6 is 0 Å². The highest BCUT2D eigenvalue weighted by molar-refractivity contribution is 5.05. The molecule has 2 nitrogen and oxygen atoms in total. The van der Waals surface area contributed by atoms with E-state index in [1.54, 1.807) is 0 Å². The van der Waals surface area contributed by atoms with Crippen molar-refractivity contribution in [3.05, 3.63) is 11.6 Å². The molecule has 0 aromatic carbocycles. The van der Waals surface area contributed by atoms with Gasteiger partial charge in [0.05, 0.1) is 0 Å². The van der Waals surface area contributed by atoms with E-state index in [-0.39, 0.29) is 5.54 Å². The summed E-state index contributed by atoms with van der Waals surface area (Å²) in [7, 11) is 0. The Morgan fingerprint density at radius 1 is 1.54 bits per heavy atom. The van der Waals surface area contributed by atoms with Crippen molar-refractivity contribution >= 4 is 0 Å². The van der Waals surface area contributed by atoms with Crippen molar-refractivity contribution in [1.82, 2.24) is 4.90 Å². The second-order valence-corrected chi connectivity index (χ2v) is 4.73. The molecule has 1 aliphatic carbocycles. The highest BCUT2D eigenvalue weighted by Crippen LogP contribution is 2.35. The van der Waals surface area contributed by atoms with Gasteiger partial charge in [0.15, 0.2) is 0 Å². The molecule has 0 unspecified atom stereocenters. The second-order valence-electron chi connectivity index (χ2n) is 4.73. The summed E-state index contributed by atoms with van der Waals surface area (Å²) < 4.78 is 0. The first-order chi connectivity index (χ1) is 6.18. The molecular weight excluding hydrogens is 160 g/mol. The molecule has 2 aliphatic rings. The summed E-state index contributed by atoms with van der Waals surface area (Å²) >= 11 is 0. The Morgan fingerprint density at radius 3 is 2.92 bits per heavy atom. The maximum absolute atomic E-state index is 6.06. The highest BCUT2D eigenvalue weighted by Gasteiger charge is 2.37. The number of hydrogen-bond donors (Lipinski definition) is 1. The fraction of sp³-hybridized carbons (Fsp3) is 0.818. The van der Waals surface area contributed by atoms with E-state index < -0.39 is 0 Å². The summed E-state index contributed by atoms with van der Waals surface area (Å²) in [5.41, 5.74) is 7.81. The lowest BCUT2D eigenvalue weighted by molar-refractivity contribution is 0.275. The van der Waals surface area contributed by atoms with E-state index in [9.17, 15) is 0 Å². The van der Waals surface area contributed by atoms with Gasteiger partial charge in [0.25, 0.3) is 0 Å². The Bertz CT molecular complexity index is 216. The minimum absolute atomic E-state index is 0.231. The molecule has 0 aromatic rings. The van der Waals surface area contributed by atoms with E-state index in [1.165, 1.54) is 44.3 Å². The molecule has 0 aromatic heterocycles. The van der Waals surface area contributed by atoms with Crippen LogP contribution < -0.4 is 5.73 Å². The molecular formula is C11H20N2. The van der Waals surface area contributed by atoms with Crippen molar-refractivity contribution in [2.24, 2.45) is 5.73 Å². The first-order valence-corrected chi connectivity index (χ1v) is 5.35. The van der Waals surface area contributed by atoms with Crippen LogP contribution in [0.15, 0.2) is 11.6 Å².